The van der Waals surface area contributed by atoms with Gasteiger partial charge in [0.15, 0.2) is 0 Å². The zero-order valence-electron chi connectivity index (χ0n) is 15.3. The van der Waals surface area contributed by atoms with Crippen molar-refractivity contribution in [3.05, 3.63) is 68.9 Å². The largest absolute Gasteiger partial charge is 0.494 e. The van der Waals surface area contributed by atoms with E-state index in [-0.39, 0.29) is 18.1 Å². The average molecular weight is 382 g/mol. The number of H-pyrrole nitrogens is 1. The van der Waals surface area contributed by atoms with Crippen LogP contribution >= 0.6 is 0 Å². The van der Waals surface area contributed by atoms with Gasteiger partial charge in [-0.25, -0.2) is 9.36 Å². The summed E-state index contributed by atoms with van der Waals surface area (Å²) in [5.41, 5.74) is -0.695. The number of aromatic hydroxyl groups is 1. The minimum Gasteiger partial charge on any atom is -0.494 e. The molecule has 1 atom stereocenters. The van der Waals surface area contributed by atoms with E-state index in [1.807, 2.05) is 35.2 Å². The summed E-state index contributed by atoms with van der Waals surface area (Å²) < 4.78 is 1.14. The molecule has 4 rings (SSSR count). The van der Waals surface area contributed by atoms with Crippen LogP contribution in [0.25, 0.3) is 16.5 Å². The molecule has 8 nitrogen and oxygen atoms in total. The first-order valence-corrected chi connectivity index (χ1v) is 9.23. The fraction of sp³-hybridized carbons (Fsp3) is 0.300. The lowest BCUT2D eigenvalue weighted by molar-refractivity contribution is 0.124. The minimum absolute atomic E-state index is 0.0574. The van der Waals surface area contributed by atoms with Gasteiger partial charge in [0.1, 0.15) is 0 Å². The Morgan fingerprint density at radius 3 is 2.71 bits per heavy atom. The number of hydrogen-bond acceptors (Lipinski definition) is 6. The molecule has 0 bridgehead atoms. The molecule has 0 aliphatic carbocycles. The summed E-state index contributed by atoms with van der Waals surface area (Å²) in [6.07, 6.45) is 0. The Kier molecular flexibility index (Phi) is 4.99. The molecule has 28 heavy (non-hydrogen) atoms. The molecule has 0 radical (unpaired) electrons. The van der Waals surface area contributed by atoms with Gasteiger partial charge < -0.3 is 15.5 Å². The summed E-state index contributed by atoms with van der Waals surface area (Å²) in [4.78, 5) is 29.5. The lowest BCUT2D eigenvalue weighted by atomic mass is 10.0. The summed E-state index contributed by atoms with van der Waals surface area (Å²) in [5, 5.41) is 25.3. The van der Waals surface area contributed by atoms with Gasteiger partial charge in [0, 0.05) is 31.6 Å². The first-order valence-electron chi connectivity index (χ1n) is 9.23. The van der Waals surface area contributed by atoms with Gasteiger partial charge in [0.25, 0.3) is 5.56 Å². The number of fused-ring (bicyclic) bond motifs is 1. The maximum absolute atomic E-state index is 12.6. The summed E-state index contributed by atoms with van der Waals surface area (Å²) in [6.45, 7) is 2.09. The fourth-order valence-corrected chi connectivity index (χ4v) is 3.89. The van der Waals surface area contributed by atoms with Crippen LogP contribution in [0.5, 0.6) is 5.88 Å². The van der Waals surface area contributed by atoms with Crippen molar-refractivity contribution < 1.29 is 10.2 Å². The van der Waals surface area contributed by atoms with Crippen LogP contribution in [-0.4, -0.2) is 57.4 Å². The molecular weight excluding hydrogens is 360 g/mol. The standard InChI is InChI=1S/C20H22N4O4/c25-11-10-23-9-8-21-12-16(23)17-18(26)22-20(28)24(19(17)27)15-7-3-5-13-4-1-2-6-14(13)15/h1-7,16,21,25,27H,8-12H2,(H,22,26,28). The first kappa shape index (κ1) is 18.4. The van der Waals surface area contributed by atoms with Crippen LogP contribution in [0, 0.1) is 0 Å². The van der Waals surface area contributed by atoms with E-state index in [0.717, 1.165) is 21.9 Å². The molecule has 8 heteroatoms. The van der Waals surface area contributed by atoms with Crippen molar-refractivity contribution in [2.24, 2.45) is 0 Å². The number of rotatable bonds is 4. The third-order valence-corrected chi connectivity index (χ3v) is 5.20. The third-order valence-electron chi connectivity index (χ3n) is 5.20. The van der Waals surface area contributed by atoms with Crippen LogP contribution in [0.15, 0.2) is 52.1 Å². The van der Waals surface area contributed by atoms with Gasteiger partial charge in [-0.1, -0.05) is 36.4 Å². The van der Waals surface area contributed by atoms with Gasteiger partial charge >= 0.3 is 5.69 Å². The molecule has 146 valence electrons. The Labute approximate surface area is 160 Å². The number of nitrogens with zero attached hydrogens (tertiary/aromatic N) is 2. The molecule has 0 saturated carbocycles. The molecule has 1 unspecified atom stereocenters. The molecule has 3 aromatic rings. The van der Waals surface area contributed by atoms with E-state index in [1.54, 1.807) is 12.1 Å². The molecule has 4 N–H and O–H groups in total. The van der Waals surface area contributed by atoms with Crippen molar-refractivity contribution in [3.63, 3.8) is 0 Å². The maximum atomic E-state index is 12.6. The molecule has 2 aromatic carbocycles. The quantitative estimate of drug-likeness (QED) is 0.517. The second-order valence-electron chi connectivity index (χ2n) is 6.81. The number of aliphatic hydroxyl groups is 1. The molecule has 0 spiro atoms. The van der Waals surface area contributed by atoms with Crippen LogP contribution < -0.4 is 16.6 Å². The van der Waals surface area contributed by atoms with Crippen LogP contribution in [0.4, 0.5) is 0 Å². The van der Waals surface area contributed by atoms with E-state index >= 15 is 0 Å². The van der Waals surface area contributed by atoms with Gasteiger partial charge in [-0.15, -0.1) is 0 Å². The van der Waals surface area contributed by atoms with Gasteiger partial charge in [0.05, 0.1) is 23.9 Å². The summed E-state index contributed by atoms with van der Waals surface area (Å²) in [5.74, 6) is -0.373. The normalized spacial score (nSPS) is 17.8. The molecule has 1 saturated heterocycles. The van der Waals surface area contributed by atoms with E-state index in [2.05, 4.69) is 10.3 Å². The first-order chi connectivity index (χ1) is 13.6. The Morgan fingerprint density at radius 1 is 1.11 bits per heavy atom. The molecular formula is C20H22N4O4. The van der Waals surface area contributed by atoms with Crippen molar-refractivity contribution in [1.82, 2.24) is 19.8 Å². The smallest absolute Gasteiger partial charge is 0.335 e. The molecule has 1 aliphatic heterocycles. The predicted molar refractivity (Wildman–Crippen MR) is 106 cm³/mol. The summed E-state index contributed by atoms with van der Waals surface area (Å²) in [7, 11) is 0. The molecule has 2 heterocycles. The minimum atomic E-state index is -0.694. The van der Waals surface area contributed by atoms with E-state index in [0.29, 0.717) is 25.3 Å². The Bertz CT molecular complexity index is 1110. The van der Waals surface area contributed by atoms with Crippen molar-refractivity contribution in [1.29, 1.82) is 0 Å². The lowest BCUT2D eigenvalue weighted by Crippen LogP contribution is -2.49. The van der Waals surface area contributed by atoms with Crippen LogP contribution in [-0.2, 0) is 0 Å². The Hall–Kier alpha value is -2.94. The van der Waals surface area contributed by atoms with Crippen molar-refractivity contribution >= 4 is 10.8 Å². The molecule has 1 aliphatic rings. The van der Waals surface area contributed by atoms with Crippen molar-refractivity contribution in [3.8, 4) is 11.6 Å². The zero-order valence-corrected chi connectivity index (χ0v) is 15.3. The van der Waals surface area contributed by atoms with Gasteiger partial charge in [-0.2, -0.15) is 0 Å². The number of aromatic nitrogens is 2. The van der Waals surface area contributed by atoms with E-state index in [4.69, 9.17) is 0 Å². The predicted octanol–water partition coefficient (Wildman–Crippen LogP) is 0.323. The number of benzene rings is 2. The van der Waals surface area contributed by atoms with Crippen molar-refractivity contribution in [2.45, 2.75) is 6.04 Å². The number of hydrogen-bond donors (Lipinski definition) is 4. The number of piperazine rings is 1. The van der Waals surface area contributed by atoms with E-state index < -0.39 is 17.3 Å². The fourth-order valence-electron chi connectivity index (χ4n) is 3.89. The molecule has 0 amide bonds. The molecule has 1 aromatic heterocycles. The molecule has 1 fully saturated rings. The second-order valence-corrected chi connectivity index (χ2v) is 6.81. The number of aromatic amines is 1. The highest BCUT2D eigenvalue weighted by molar-refractivity contribution is 5.90. The number of aliphatic hydroxyl groups excluding tert-OH is 1. The van der Waals surface area contributed by atoms with E-state index in [1.165, 1.54) is 0 Å². The Morgan fingerprint density at radius 2 is 1.89 bits per heavy atom. The van der Waals surface area contributed by atoms with Gasteiger partial charge in [-0.3, -0.25) is 14.7 Å². The highest BCUT2D eigenvalue weighted by Gasteiger charge is 2.30. The highest BCUT2D eigenvalue weighted by atomic mass is 16.3. The average Bonchev–Trinajstić information content (AvgIpc) is 2.69. The summed E-state index contributed by atoms with van der Waals surface area (Å²) >= 11 is 0. The SMILES string of the molecule is O=c1[nH]c(=O)n(-c2cccc3ccccc23)c(O)c1C1CNCCN1CCO. The van der Waals surface area contributed by atoms with Crippen molar-refractivity contribution in [2.75, 3.05) is 32.8 Å². The number of nitrogens with one attached hydrogen (secondary N) is 2. The second kappa shape index (κ2) is 7.59. The highest BCUT2D eigenvalue weighted by Crippen LogP contribution is 2.29. The lowest BCUT2D eigenvalue weighted by Gasteiger charge is -2.35. The topological polar surface area (TPSA) is 111 Å². The Balaban J connectivity index is 1.94. The monoisotopic (exact) mass is 382 g/mol. The zero-order chi connectivity index (χ0) is 19.7. The van der Waals surface area contributed by atoms with Crippen LogP contribution in [0.2, 0.25) is 0 Å². The van der Waals surface area contributed by atoms with Gasteiger partial charge in [-0.05, 0) is 11.5 Å². The third kappa shape index (κ3) is 3.11. The number of β-amino-alcohol motifs (C(OH)–C–C–N with tert-alkyl or cyclic N) is 1. The maximum Gasteiger partial charge on any atom is 0.335 e. The summed E-state index contributed by atoms with van der Waals surface area (Å²) in [6, 6.07) is 12.5. The van der Waals surface area contributed by atoms with Crippen LogP contribution in [0.1, 0.15) is 11.6 Å². The van der Waals surface area contributed by atoms with E-state index in [9.17, 15) is 19.8 Å². The van der Waals surface area contributed by atoms with Gasteiger partial charge in [0.2, 0.25) is 5.88 Å². The van der Waals surface area contributed by atoms with Crippen LogP contribution in [0.3, 0.4) is 0 Å².